The first-order valence-corrected chi connectivity index (χ1v) is 7.15. The molecule has 2 aromatic carbocycles. The van der Waals surface area contributed by atoms with Gasteiger partial charge in [-0.3, -0.25) is 0 Å². The van der Waals surface area contributed by atoms with E-state index in [4.69, 9.17) is 22.1 Å². The minimum absolute atomic E-state index is 0.337. The molecule has 2 aromatic rings. The minimum Gasteiger partial charge on any atom is -0.495 e. The van der Waals surface area contributed by atoms with Gasteiger partial charge < -0.3 is 10.5 Å². The number of ether oxygens (including phenoxy) is 1. The average molecular weight is 359 g/mol. The van der Waals surface area contributed by atoms with Crippen LogP contribution in [0.4, 0.5) is 4.39 Å². The summed E-state index contributed by atoms with van der Waals surface area (Å²) in [5.41, 5.74) is 8.07. The maximum Gasteiger partial charge on any atom is 0.138 e. The van der Waals surface area contributed by atoms with Crippen molar-refractivity contribution in [3.05, 3.63) is 62.3 Å². The Bertz CT molecular complexity index is 648. The molecule has 0 heterocycles. The number of rotatable bonds is 3. The van der Waals surface area contributed by atoms with E-state index >= 15 is 0 Å². The maximum atomic E-state index is 14.1. The van der Waals surface area contributed by atoms with Crippen molar-refractivity contribution >= 4 is 27.5 Å². The fraction of sp³-hybridized carbons (Fsp3) is 0.200. The summed E-state index contributed by atoms with van der Waals surface area (Å²) in [4.78, 5) is 0. The predicted molar refractivity (Wildman–Crippen MR) is 82.9 cm³/mol. The smallest absolute Gasteiger partial charge is 0.138 e. The zero-order chi connectivity index (χ0) is 14.9. The summed E-state index contributed by atoms with van der Waals surface area (Å²) in [6, 6.07) is 7.72. The molecule has 0 amide bonds. The van der Waals surface area contributed by atoms with Crippen LogP contribution in [0.25, 0.3) is 0 Å². The van der Waals surface area contributed by atoms with E-state index in [2.05, 4.69) is 15.9 Å². The third-order valence-electron chi connectivity index (χ3n) is 3.07. The van der Waals surface area contributed by atoms with Crippen molar-refractivity contribution in [3.8, 4) is 5.75 Å². The van der Waals surface area contributed by atoms with Crippen LogP contribution in [0.2, 0.25) is 5.02 Å². The van der Waals surface area contributed by atoms with Crippen LogP contribution in [0.15, 0.2) is 34.8 Å². The second-order valence-corrected chi connectivity index (χ2v) is 5.80. The average Bonchev–Trinajstić information content (AvgIpc) is 2.37. The summed E-state index contributed by atoms with van der Waals surface area (Å²) in [5, 5.41) is 0.510. The molecule has 0 bridgehead atoms. The van der Waals surface area contributed by atoms with Gasteiger partial charge in [0.1, 0.15) is 11.6 Å². The Morgan fingerprint density at radius 2 is 1.95 bits per heavy atom. The standard InChI is InChI=1S/C15H14BrClFNO/c1-8-3-4-10(13(18)5-8)14(19)11-6-9(17)7-12(16)15(11)20-2/h3-7,14H,19H2,1-2H3. The first kappa shape index (κ1) is 15.3. The number of nitrogens with two attached hydrogens (primary N) is 1. The van der Waals surface area contributed by atoms with Crippen molar-refractivity contribution in [2.45, 2.75) is 13.0 Å². The highest BCUT2D eigenvalue weighted by Crippen LogP contribution is 2.37. The third kappa shape index (κ3) is 2.97. The topological polar surface area (TPSA) is 35.2 Å². The molecule has 0 radical (unpaired) electrons. The van der Waals surface area contributed by atoms with Gasteiger partial charge in [0.15, 0.2) is 0 Å². The summed E-state index contributed by atoms with van der Waals surface area (Å²) < 4.78 is 20.1. The molecule has 0 aliphatic heterocycles. The Morgan fingerprint density at radius 3 is 2.55 bits per heavy atom. The lowest BCUT2D eigenvalue weighted by atomic mass is 9.97. The molecule has 0 spiro atoms. The van der Waals surface area contributed by atoms with Gasteiger partial charge in [-0.25, -0.2) is 4.39 Å². The molecule has 0 aromatic heterocycles. The molecule has 106 valence electrons. The van der Waals surface area contributed by atoms with Gasteiger partial charge >= 0.3 is 0 Å². The molecule has 2 nitrogen and oxygen atoms in total. The summed E-state index contributed by atoms with van der Waals surface area (Å²) in [6.45, 7) is 1.83. The van der Waals surface area contributed by atoms with Gasteiger partial charge in [0, 0.05) is 16.1 Å². The molecular formula is C15H14BrClFNO. The molecule has 0 aliphatic rings. The van der Waals surface area contributed by atoms with Crippen LogP contribution in [0.3, 0.4) is 0 Å². The van der Waals surface area contributed by atoms with Crippen molar-refractivity contribution in [3.63, 3.8) is 0 Å². The minimum atomic E-state index is -0.652. The van der Waals surface area contributed by atoms with Crippen LogP contribution in [0, 0.1) is 12.7 Å². The lowest BCUT2D eigenvalue weighted by molar-refractivity contribution is 0.404. The molecule has 0 saturated heterocycles. The first-order valence-electron chi connectivity index (χ1n) is 5.98. The van der Waals surface area contributed by atoms with Gasteiger partial charge in [0.2, 0.25) is 0 Å². The zero-order valence-corrected chi connectivity index (χ0v) is 13.4. The van der Waals surface area contributed by atoms with Gasteiger partial charge in [-0.2, -0.15) is 0 Å². The monoisotopic (exact) mass is 357 g/mol. The highest BCUT2D eigenvalue weighted by Gasteiger charge is 2.20. The van der Waals surface area contributed by atoms with Crippen LogP contribution in [-0.2, 0) is 0 Å². The number of methoxy groups -OCH3 is 1. The second-order valence-electron chi connectivity index (χ2n) is 4.51. The van der Waals surface area contributed by atoms with E-state index in [1.165, 1.54) is 13.2 Å². The Morgan fingerprint density at radius 1 is 1.25 bits per heavy atom. The van der Waals surface area contributed by atoms with Gasteiger partial charge in [0.25, 0.3) is 0 Å². The number of hydrogen-bond acceptors (Lipinski definition) is 2. The first-order chi connectivity index (χ1) is 9.43. The summed E-state index contributed by atoms with van der Waals surface area (Å²) >= 11 is 9.41. The Hall–Kier alpha value is -1.10. The molecule has 5 heteroatoms. The quantitative estimate of drug-likeness (QED) is 0.870. The predicted octanol–water partition coefficient (Wildman–Crippen LogP) is 4.61. The highest BCUT2D eigenvalue weighted by atomic mass is 79.9. The van der Waals surface area contributed by atoms with E-state index in [9.17, 15) is 4.39 Å². The van der Waals surface area contributed by atoms with Crippen molar-refractivity contribution in [1.29, 1.82) is 0 Å². The number of halogens is 3. The van der Waals surface area contributed by atoms with Gasteiger partial charge in [-0.15, -0.1) is 0 Å². The van der Waals surface area contributed by atoms with Gasteiger partial charge in [-0.1, -0.05) is 23.7 Å². The lowest BCUT2D eigenvalue weighted by Gasteiger charge is -2.18. The number of aryl methyl sites for hydroxylation is 1. The SMILES string of the molecule is COc1c(Br)cc(Cl)cc1C(N)c1ccc(C)cc1F. The van der Waals surface area contributed by atoms with Crippen molar-refractivity contribution < 1.29 is 9.13 Å². The molecule has 20 heavy (non-hydrogen) atoms. The third-order valence-corrected chi connectivity index (χ3v) is 3.87. The molecule has 1 atom stereocenters. The zero-order valence-electron chi connectivity index (χ0n) is 11.1. The number of benzene rings is 2. The van der Waals surface area contributed by atoms with E-state index in [1.807, 2.05) is 13.0 Å². The Balaban J connectivity index is 2.55. The van der Waals surface area contributed by atoms with Crippen LogP contribution in [0.1, 0.15) is 22.7 Å². The second kappa shape index (κ2) is 6.12. The van der Waals surface area contributed by atoms with Crippen molar-refractivity contribution in [2.75, 3.05) is 7.11 Å². The van der Waals surface area contributed by atoms with E-state index in [0.717, 1.165) is 5.56 Å². The van der Waals surface area contributed by atoms with Crippen molar-refractivity contribution in [1.82, 2.24) is 0 Å². The Kier molecular flexibility index (Phi) is 4.68. The van der Waals surface area contributed by atoms with Crippen LogP contribution >= 0.6 is 27.5 Å². The normalized spacial score (nSPS) is 12.3. The van der Waals surface area contributed by atoms with E-state index in [0.29, 0.717) is 26.4 Å². The largest absolute Gasteiger partial charge is 0.495 e. The maximum absolute atomic E-state index is 14.1. The molecule has 2 N–H and O–H groups in total. The van der Waals surface area contributed by atoms with Crippen LogP contribution in [0.5, 0.6) is 5.75 Å². The molecular weight excluding hydrogens is 345 g/mol. The highest BCUT2D eigenvalue weighted by molar-refractivity contribution is 9.10. The summed E-state index contributed by atoms with van der Waals surface area (Å²) in [7, 11) is 1.54. The summed E-state index contributed by atoms with van der Waals surface area (Å²) in [6.07, 6.45) is 0. The van der Waals surface area contributed by atoms with E-state index in [-0.39, 0.29) is 5.82 Å². The van der Waals surface area contributed by atoms with E-state index < -0.39 is 6.04 Å². The fourth-order valence-electron chi connectivity index (χ4n) is 2.08. The van der Waals surface area contributed by atoms with Crippen LogP contribution in [-0.4, -0.2) is 7.11 Å². The van der Waals surface area contributed by atoms with Crippen LogP contribution < -0.4 is 10.5 Å². The van der Waals surface area contributed by atoms with E-state index in [1.54, 1.807) is 18.2 Å². The Labute approximate surface area is 130 Å². The lowest BCUT2D eigenvalue weighted by Crippen LogP contribution is -2.15. The molecule has 0 fully saturated rings. The summed E-state index contributed by atoms with van der Waals surface area (Å²) in [5.74, 6) is 0.220. The number of hydrogen-bond donors (Lipinski definition) is 1. The molecule has 1 unspecified atom stereocenters. The molecule has 2 rings (SSSR count). The molecule has 0 aliphatic carbocycles. The van der Waals surface area contributed by atoms with Gasteiger partial charge in [-0.05, 0) is 46.6 Å². The molecule has 0 saturated carbocycles. The fourth-order valence-corrected chi connectivity index (χ4v) is 3.07. The van der Waals surface area contributed by atoms with Crippen molar-refractivity contribution in [2.24, 2.45) is 5.73 Å². The van der Waals surface area contributed by atoms with Gasteiger partial charge in [0.05, 0.1) is 17.6 Å².